The van der Waals surface area contributed by atoms with Gasteiger partial charge in [0.15, 0.2) is 16.6 Å². The standard InChI is InChI=1S/C16H16ClN5O2/c1-23-10-2-3-11-13(8-10)24-21-16(11)22-7-6-18-9-12(22)14-15(17)20-5-4-19-14/h2-5,8,12,18H,6-7,9H2,1H3. The van der Waals surface area contributed by atoms with Gasteiger partial charge in [-0.25, -0.2) is 4.98 Å². The number of benzene rings is 1. The number of methoxy groups -OCH3 is 1. The highest BCUT2D eigenvalue weighted by Crippen LogP contribution is 2.35. The SMILES string of the molecule is COc1ccc2c(N3CCNCC3c3nccnc3Cl)noc2c1. The summed E-state index contributed by atoms with van der Waals surface area (Å²) < 4.78 is 10.7. The molecule has 1 aliphatic rings. The number of hydrogen-bond donors (Lipinski definition) is 1. The topological polar surface area (TPSA) is 76.3 Å². The average molecular weight is 346 g/mol. The summed E-state index contributed by atoms with van der Waals surface area (Å²) in [6, 6.07) is 5.63. The first-order valence-corrected chi connectivity index (χ1v) is 8.03. The van der Waals surface area contributed by atoms with Gasteiger partial charge in [0.05, 0.1) is 18.5 Å². The summed E-state index contributed by atoms with van der Waals surface area (Å²) in [5.74, 6) is 1.51. The molecule has 124 valence electrons. The van der Waals surface area contributed by atoms with Crippen LogP contribution in [0.1, 0.15) is 11.7 Å². The lowest BCUT2D eigenvalue weighted by atomic mass is 10.1. The number of ether oxygens (including phenoxy) is 1. The van der Waals surface area contributed by atoms with Crippen LogP contribution in [0.2, 0.25) is 5.15 Å². The molecule has 24 heavy (non-hydrogen) atoms. The van der Waals surface area contributed by atoms with Crippen molar-refractivity contribution in [3.8, 4) is 5.75 Å². The van der Waals surface area contributed by atoms with E-state index in [0.29, 0.717) is 17.3 Å². The van der Waals surface area contributed by atoms with Crippen LogP contribution in [0, 0.1) is 0 Å². The van der Waals surface area contributed by atoms with Crippen LogP contribution >= 0.6 is 11.6 Å². The molecule has 0 spiro atoms. The smallest absolute Gasteiger partial charge is 0.180 e. The van der Waals surface area contributed by atoms with Crippen LogP contribution in [0.25, 0.3) is 11.0 Å². The summed E-state index contributed by atoms with van der Waals surface area (Å²) in [6.45, 7) is 2.33. The molecule has 3 heterocycles. The average Bonchev–Trinajstić information content (AvgIpc) is 3.05. The quantitative estimate of drug-likeness (QED) is 0.781. The summed E-state index contributed by atoms with van der Waals surface area (Å²) in [5.41, 5.74) is 1.42. The number of anilines is 1. The first-order valence-electron chi connectivity index (χ1n) is 7.65. The van der Waals surface area contributed by atoms with E-state index in [0.717, 1.165) is 35.7 Å². The summed E-state index contributed by atoms with van der Waals surface area (Å²) in [4.78, 5) is 10.7. The van der Waals surface area contributed by atoms with Crippen molar-refractivity contribution < 1.29 is 9.26 Å². The highest BCUT2D eigenvalue weighted by Gasteiger charge is 2.30. The van der Waals surface area contributed by atoms with Crippen molar-refractivity contribution in [3.63, 3.8) is 0 Å². The predicted molar refractivity (Wildman–Crippen MR) is 90.6 cm³/mol. The van der Waals surface area contributed by atoms with Gasteiger partial charge in [0, 0.05) is 38.1 Å². The van der Waals surface area contributed by atoms with Gasteiger partial charge in [-0.05, 0) is 12.1 Å². The summed E-state index contributed by atoms with van der Waals surface area (Å²) in [6.07, 6.45) is 3.24. The molecule has 1 unspecified atom stereocenters. The zero-order valence-electron chi connectivity index (χ0n) is 13.1. The molecule has 0 saturated carbocycles. The monoisotopic (exact) mass is 345 g/mol. The maximum Gasteiger partial charge on any atom is 0.180 e. The van der Waals surface area contributed by atoms with Gasteiger partial charge in [0.2, 0.25) is 0 Å². The van der Waals surface area contributed by atoms with Crippen LogP contribution in [-0.2, 0) is 0 Å². The molecule has 0 amide bonds. The molecule has 0 radical (unpaired) electrons. The maximum absolute atomic E-state index is 6.25. The lowest BCUT2D eigenvalue weighted by Gasteiger charge is -2.35. The Morgan fingerprint density at radius 1 is 1.33 bits per heavy atom. The number of fused-ring (bicyclic) bond motifs is 1. The number of piperazine rings is 1. The molecule has 7 nitrogen and oxygen atoms in total. The molecule has 1 saturated heterocycles. The van der Waals surface area contributed by atoms with Gasteiger partial charge < -0.3 is 19.5 Å². The molecule has 1 N–H and O–H groups in total. The van der Waals surface area contributed by atoms with Crippen molar-refractivity contribution >= 4 is 28.4 Å². The molecule has 1 fully saturated rings. The number of rotatable bonds is 3. The Morgan fingerprint density at radius 2 is 2.21 bits per heavy atom. The summed E-state index contributed by atoms with van der Waals surface area (Å²) in [7, 11) is 1.63. The van der Waals surface area contributed by atoms with Gasteiger partial charge in [-0.15, -0.1) is 0 Å². The largest absolute Gasteiger partial charge is 0.497 e. The molecule has 1 aromatic carbocycles. The Bertz CT molecular complexity index is 869. The van der Waals surface area contributed by atoms with Crippen molar-refractivity contribution in [2.45, 2.75) is 6.04 Å². The number of nitrogens with one attached hydrogen (secondary N) is 1. The van der Waals surface area contributed by atoms with Crippen LogP contribution < -0.4 is 15.0 Å². The van der Waals surface area contributed by atoms with Gasteiger partial charge in [0.1, 0.15) is 11.4 Å². The number of aromatic nitrogens is 3. The first kappa shape index (κ1) is 15.2. The van der Waals surface area contributed by atoms with Crippen LogP contribution in [0.15, 0.2) is 35.1 Å². The van der Waals surface area contributed by atoms with Crippen molar-refractivity contribution in [2.24, 2.45) is 0 Å². The molecule has 0 aliphatic carbocycles. The van der Waals surface area contributed by atoms with Crippen LogP contribution in [0.5, 0.6) is 5.75 Å². The molecule has 3 aromatic rings. The third-order valence-electron chi connectivity index (χ3n) is 4.17. The van der Waals surface area contributed by atoms with E-state index in [1.807, 2.05) is 18.2 Å². The van der Waals surface area contributed by atoms with E-state index in [4.69, 9.17) is 20.9 Å². The zero-order valence-corrected chi connectivity index (χ0v) is 13.8. The van der Waals surface area contributed by atoms with Gasteiger partial charge >= 0.3 is 0 Å². The van der Waals surface area contributed by atoms with Gasteiger partial charge in [-0.2, -0.15) is 0 Å². The van der Waals surface area contributed by atoms with Gasteiger partial charge in [-0.1, -0.05) is 16.8 Å². The molecular formula is C16H16ClN5O2. The van der Waals surface area contributed by atoms with E-state index in [-0.39, 0.29) is 6.04 Å². The second-order valence-electron chi connectivity index (χ2n) is 5.51. The van der Waals surface area contributed by atoms with E-state index in [1.54, 1.807) is 19.5 Å². The Labute approximate surface area is 143 Å². The number of halogens is 1. The third kappa shape index (κ3) is 2.55. The number of hydrogen-bond acceptors (Lipinski definition) is 7. The fraction of sp³-hybridized carbons (Fsp3) is 0.312. The second kappa shape index (κ2) is 6.26. The molecule has 8 heteroatoms. The molecule has 1 atom stereocenters. The molecule has 4 rings (SSSR count). The second-order valence-corrected chi connectivity index (χ2v) is 5.87. The summed E-state index contributed by atoms with van der Waals surface area (Å²) >= 11 is 6.25. The zero-order chi connectivity index (χ0) is 16.5. The fourth-order valence-electron chi connectivity index (χ4n) is 3.00. The van der Waals surface area contributed by atoms with Crippen molar-refractivity contribution in [3.05, 3.63) is 41.4 Å². The number of nitrogens with zero attached hydrogens (tertiary/aromatic N) is 4. The van der Waals surface area contributed by atoms with E-state index in [1.165, 1.54) is 0 Å². The molecule has 0 bridgehead atoms. The molecule has 2 aromatic heterocycles. The minimum absolute atomic E-state index is 0.0599. The first-order chi connectivity index (χ1) is 11.8. The minimum Gasteiger partial charge on any atom is -0.497 e. The minimum atomic E-state index is -0.0599. The maximum atomic E-state index is 6.25. The van der Waals surface area contributed by atoms with Crippen LogP contribution in [0.4, 0.5) is 5.82 Å². The van der Waals surface area contributed by atoms with Crippen molar-refractivity contribution in [1.29, 1.82) is 0 Å². The lowest BCUT2D eigenvalue weighted by Crippen LogP contribution is -2.46. The highest BCUT2D eigenvalue weighted by atomic mass is 35.5. The molecule has 1 aliphatic heterocycles. The van der Waals surface area contributed by atoms with E-state index >= 15 is 0 Å². The van der Waals surface area contributed by atoms with Crippen molar-refractivity contribution in [1.82, 2.24) is 20.4 Å². The Hall–Kier alpha value is -2.38. The van der Waals surface area contributed by atoms with E-state index < -0.39 is 0 Å². The van der Waals surface area contributed by atoms with E-state index in [9.17, 15) is 0 Å². The fourth-order valence-corrected chi connectivity index (χ4v) is 3.23. The van der Waals surface area contributed by atoms with Crippen LogP contribution in [-0.4, -0.2) is 41.9 Å². The van der Waals surface area contributed by atoms with Gasteiger partial charge in [0.25, 0.3) is 0 Å². The highest BCUT2D eigenvalue weighted by molar-refractivity contribution is 6.30. The Balaban J connectivity index is 1.77. The lowest BCUT2D eigenvalue weighted by molar-refractivity contribution is 0.410. The van der Waals surface area contributed by atoms with Crippen molar-refractivity contribution in [2.75, 3.05) is 31.6 Å². The molecular weight excluding hydrogens is 330 g/mol. The van der Waals surface area contributed by atoms with E-state index in [2.05, 4.69) is 25.3 Å². The predicted octanol–water partition coefficient (Wildman–Crippen LogP) is 2.43. The van der Waals surface area contributed by atoms with Crippen LogP contribution in [0.3, 0.4) is 0 Å². The Kier molecular flexibility index (Phi) is 3.95. The summed E-state index contributed by atoms with van der Waals surface area (Å²) in [5, 5.41) is 8.99. The van der Waals surface area contributed by atoms with Gasteiger partial charge in [-0.3, -0.25) is 4.98 Å². The Morgan fingerprint density at radius 3 is 3.04 bits per heavy atom. The normalized spacial score (nSPS) is 18.1. The third-order valence-corrected chi connectivity index (χ3v) is 4.46.